The normalized spacial score (nSPS) is 20.6. The van der Waals surface area contributed by atoms with Gasteiger partial charge in [-0.15, -0.1) is 0 Å². The summed E-state index contributed by atoms with van der Waals surface area (Å²) in [5, 5.41) is 3.45. The Balaban J connectivity index is 1.65. The summed E-state index contributed by atoms with van der Waals surface area (Å²) in [7, 11) is -3.15. The van der Waals surface area contributed by atoms with Gasteiger partial charge in [-0.1, -0.05) is 11.6 Å². The Morgan fingerprint density at radius 3 is 2.58 bits per heavy atom. The number of aromatic nitrogens is 2. The van der Waals surface area contributed by atoms with Gasteiger partial charge in [0.2, 0.25) is 16.0 Å². The molecule has 0 spiro atoms. The minimum Gasteiger partial charge on any atom is -0.465 e. The smallest absolute Gasteiger partial charge is 0.316 e. The predicted molar refractivity (Wildman–Crippen MR) is 97.6 cm³/mol. The van der Waals surface area contributed by atoms with E-state index in [1.54, 1.807) is 13.1 Å². The molecule has 1 N–H and O–H groups in total. The highest BCUT2D eigenvalue weighted by molar-refractivity contribution is 7.88. The molecule has 144 valence electrons. The summed E-state index contributed by atoms with van der Waals surface area (Å²) in [6.07, 6.45) is 5.52. The molecule has 0 amide bonds. The molecular formula is C16H23ClN4O4S. The number of nitrogens with zero attached hydrogens (tertiary/aromatic N) is 3. The van der Waals surface area contributed by atoms with E-state index in [0.717, 1.165) is 0 Å². The molecule has 1 aromatic heterocycles. The van der Waals surface area contributed by atoms with E-state index >= 15 is 0 Å². The van der Waals surface area contributed by atoms with Gasteiger partial charge in [0.1, 0.15) is 5.15 Å². The number of rotatable bonds is 6. The topological polar surface area (TPSA) is 101 Å². The fourth-order valence-corrected chi connectivity index (χ4v) is 4.43. The van der Waals surface area contributed by atoms with Crippen LogP contribution in [0.4, 0.5) is 5.95 Å². The molecule has 0 radical (unpaired) electrons. The first kappa shape index (κ1) is 19.3. The van der Waals surface area contributed by atoms with Gasteiger partial charge in [0.15, 0.2) is 0 Å². The lowest BCUT2D eigenvalue weighted by atomic mass is 9.99. The van der Waals surface area contributed by atoms with Crippen molar-refractivity contribution in [1.82, 2.24) is 14.3 Å². The summed E-state index contributed by atoms with van der Waals surface area (Å²) in [6, 6.07) is 0.0786. The Morgan fingerprint density at radius 1 is 1.42 bits per heavy atom. The lowest BCUT2D eigenvalue weighted by Crippen LogP contribution is -2.42. The van der Waals surface area contributed by atoms with E-state index in [1.807, 2.05) is 0 Å². The van der Waals surface area contributed by atoms with Crippen LogP contribution in [0, 0.1) is 0 Å². The SMILES string of the molecule is CCOC(=O)C1(c2cnc(NC3CCN(S(C)(=O)=O)CC3)nc2Cl)CC1. The number of hydrogen-bond donors (Lipinski definition) is 1. The zero-order chi connectivity index (χ0) is 18.9. The average molecular weight is 403 g/mol. The van der Waals surface area contributed by atoms with Gasteiger partial charge in [-0.25, -0.2) is 22.7 Å². The van der Waals surface area contributed by atoms with Crippen LogP contribution in [0.15, 0.2) is 6.20 Å². The van der Waals surface area contributed by atoms with Gasteiger partial charge >= 0.3 is 5.97 Å². The van der Waals surface area contributed by atoms with Crippen molar-refractivity contribution in [1.29, 1.82) is 0 Å². The van der Waals surface area contributed by atoms with Gasteiger partial charge in [0.25, 0.3) is 0 Å². The second kappa shape index (κ2) is 7.28. The molecule has 3 rings (SSSR count). The molecule has 0 atom stereocenters. The van der Waals surface area contributed by atoms with E-state index < -0.39 is 15.4 Å². The minimum atomic E-state index is -3.15. The molecule has 0 bridgehead atoms. The van der Waals surface area contributed by atoms with Crippen molar-refractivity contribution in [2.24, 2.45) is 0 Å². The van der Waals surface area contributed by atoms with Crippen molar-refractivity contribution in [3.63, 3.8) is 0 Å². The van der Waals surface area contributed by atoms with Crippen LogP contribution >= 0.6 is 11.6 Å². The standard InChI is InChI=1S/C16H23ClN4O4S/c1-3-25-14(22)16(6-7-16)12-10-18-15(20-13(12)17)19-11-4-8-21(9-5-11)26(2,23)24/h10-11H,3-9H2,1-2H3,(H,18,19,20). The first-order valence-corrected chi connectivity index (χ1v) is 10.9. The van der Waals surface area contributed by atoms with Crippen molar-refractivity contribution >= 4 is 33.5 Å². The maximum absolute atomic E-state index is 12.2. The van der Waals surface area contributed by atoms with Crippen molar-refractivity contribution in [3.8, 4) is 0 Å². The monoisotopic (exact) mass is 402 g/mol. The molecule has 2 fully saturated rings. The minimum absolute atomic E-state index is 0.0786. The molecule has 1 saturated heterocycles. The lowest BCUT2D eigenvalue weighted by molar-refractivity contribution is -0.146. The highest BCUT2D eigenvalue weighted by Gasteiger charge is 2.54. The molecule has 1 aromatic rings. The van der Waals surface area contributed by atoms with Gasteiger partial charge in [-0.3, -0.25) is 4.79 Å². The summed E-state index contributed by atoms with van der Waals surface area (Å²) in [5.74, 6) is 0.107. The van der Waals surface area contributed by atoms with Crippen LogP contribution in [0.1, 0.15) is 38.2 Å². The summed E-state index contributed by atoms with van der Waals surface area (Å²) >= 11 is 6.31. The Bertz CT molecular complexity index is 789. The van der Waals surface area contributed by atoms with E-state index in [9.17, 15) is 13.2 Å². The Morgan fingerprint density at radius 2 is 2.08 bits per heavy atom. The second-order valence-corrected chi connectivity index (χ2v) is 9.12. The van der Waals surface area contributed by atoms with Gasteiger partial charge in [0, 0.05) is 30.9 Å². The van der Waals surface area contributed by atoms with Crippen molar-refractivity contribution < 1.29 is 17.9 Å². The third-order valence-corrected chi connectivity index (χ3v) is 6.52. The number of anilines is 1. The zero-order valence-electron chi connectivity index (χ0n) is 14.9. The first-order valence-electron chi connectivity index (χ1n) is 8.68. The molecule has 1 saturated carbocycles. The van der Waals surface area contributed by atoms with Gasteiger partial charge in [-0.2, -0.15) is 0 Å². The molecule has 2 aliphatic rings. The number of carbonyl (C=O) groups is 1. The van der Waals surface area contributed by atoms with Crippen LogP contribution in [0.5, 0.6) is 0 Å². The van der Waals surface area contributed by atoms with Gasteiger partial charge in [-0.05, 0) is 32.6 Å². The summed E-state index contributed by atoms with van der Waals surface area (Å²) in [5.41, 5.74) is -0.0954. The quantitative estimate of drug-likeness (QED) is 0.569. The number of piperidine rings is 1. The van der Waals surface area contributed by atoms with E-state index in [2.05, 4.69) is 15.3 Å². The molecule has 1 aliphatic heterocycles. The van der Waals surface area contributed by atoms with Crippen LogP contribution in [0.3, 0.4) is 0 Å². The molecule has 0 aromatic carbocycles. The summed E-state index contributed by atoms with van der Waals surface area (Å²) in [6.45, 7) is 3.03. The first-order chi connectivity index (χ1) is 12.3. The maximum Gasteiger partial charge on any atom is 0.316 e. The van der Waals surface area contributed by atoms with Crippen LogP contribution in [0.2, 0.25) is 5.15 Å². The lowest BCUT2D eigenvalue weighted by Gasteiger charge is -2.30. The summed E-state index contributed by atoms with van der Waals surface area (Å²) < 4.78 is 29.7. The van der Waals surface area contributed by atoms with Crippen molar-refractivity contribution in [3.05, 3.63) is 16.9 Å². The van der Waals surface area contributed by atoms with Gasteiger partial charge in [0.05, 0.1) is 18.3 Å². The van der Waals surface area contributed by atoms with E-state index in [-0.39, 0.29) is 17.2 Å². The van der Waals surface area contributed by atoms with E-state index in [0.29, 0.717) is 56.9 Å². The van der Waals surface area contributed by atoms with E-state index in [4.69, 9.17) is 16.3 Å². The van der Waals surface area contributed by atoms with Crippen LogP contribution in [0.25, 0.3) is 0 Å². The highest BCUT2D eigenvalue weighted by Crippen LogP contribution is 2.51. The maximum atomic E-state index is 12.2. The average Bonchev–Trinajstić information content (AvgIpc) is 3.36. The number of esters is 1. The Kier molecular flexibility index (Phi) is 5.41. The predicted octanol–water partition coefficient (Wildman–Crippen LogP) is 1.56. The number of nitrogens with one attached hydrogen (secondary N) is 1. The molecule has 26 heavy (non-hydrogen) atoms. The molecular weight excluding hydrogens is 380 g/mol. The molecule has 2 heterocycles. The second-order valence-electron chi connectivity index (χ2n) is 6.78. The third-order valence-electron chi connectivity index (χ3n) is 4.93. The largest absolute Gasteiger partial charge is 0.465 e. The van der Waals surface area contributed by atoms with Crippen LogP contribution in [-0.2, 0) is 25.0 Å². The van der Waals surface area contributed by atoms with Gasteiger partial charge < -0.3 is 10.1 Å². The Hall–Kier alpha value is -1.45. The summed E-state index contributed by atoms with van der Waals surface area (Å²) in [4.78, 5) is 20.8. The molecule has 10 heteroatoms. The fraction of sp³-hybridized carbons (Fsp3) is 0.688. The van der Waals surface area contributed by atoms with Crippen molar-refractivity contribution in [2.75, 3.05) is 31.3 Å². The number of hydrogen-bond acceptors (Lipinski definition) is 7. The van der Waals surface area contributed by atoms with Crippen LogP contribution < -0.4 is 5.32 Å². The molecule has 8 nitrogen and oxygen atoms in total. The number of sulfonamides is 1. The highest BCUT2D eigenvalue weighted by atomic mass is 35.5. The van der Waals surface area contributed by atoms with E-state index in [1.165, 1.54) is 10.6 Å². The number of halogens is 1. The van der Waals surface area contributed by atoms with Crippen LogP contribution in [-0.4, -0.2) is 60.7 Å². The number of ether oxygens (including phenoxy) is 1. The zero-order valence-corrected chi connectivity index (χ0v) is 16.4. The fourth-order valence-electron chi connectivity index (χ4n) is 3.24. The molecule has 1 aliphatic carbocycles. The number of carbonyl (C=O) groups excluding carboxylic acids is 1. The third kappa shape index (κ3) is 3.94. The Labute approximate surface area is 158 Å². The van der Waals surface area contributed by atoms with Crippen molar-refractivity contribution in [2.45, 2.75) is 44.1 Å². The molecule has 0 unspecified atom stereocenters.